The van der Waals surface area contributed by atoms with Gasteiger partial charge in [0, 0.05) is 40.0 Å². The monoisotopic (exact) mass is 713 g/mol. The van der Waals surface area contributed by atoms with Crippen molar-refractivity contribution in [3.05, 3.63) is 118 Å². The molecular formula is C31H26F4N2OPt. The molecule has 0 spiro atoms. The standard InChI is InChI=1S/C31H26F4N2O.Pt/c1-29(2)17-13-18(21(33)15-20(17)32)30(3,4)25-9-7-10-26(36-25)31(5,6)27-11-8-12-28(37-27)38-24-14-19(29)22(34)16-23(24)35;/h7-12,15-16H,1-6H3;/q-2;+2. The number of halogens is 4. The summed E-state index contributed by atoms with van der Waals surface area (Å²) in [6.07, 6.45) is 0. The van der Waals surface area contributed by atoms with E-state index in [4.69, 9.17) is 9.72 Å². The summed E-state index contributed by atoms with van der Waals surface area (Å²) in [4.78, 5) is 9.46. The van der Waals surface area contributed by atoms with Crippen molar-refractivity contribution in [3.8, 4) is 11.6 Å². The zero-order chi connectivity index (χ0) is 27.6. The number of nitrogens with zero attached hydrogens (tertiary/aromatic N) is 2. The van der Waals surface area contributed by atoms with E-state index in [0.29, 0.717) is 23.1 Å². The molecule has 39 heavy (non-hydrogen) atoms. The van der Waals surface area contributed by atoms with Gasteiger partial charge < -0.3 is 4.74 Å². The summed E-state index contributed by atoms with van der Waals surface area (Å²) < 4.78 is 66.4. The first-order chi connectivity index (χ1) is 17.7. The fourth-order valence-corrected chi connectivity index (χ4v) is 4.86. The molecule has 1 aliphatic rings. The zero-order valence-corrected chi connectivity index (χ0v) is 24.5. The number of fused-ring (bicyclic) bond motifs is 8. The Kier molecular flexibility index (Phi) is 7.31. The first kappa shape index (κ1) is 28.9. The van der Waals surface area contributed by atoms with Crippen molar-refractivity contribution in [2.45, 2.75) is 57.8 Å². The molecule has 2 aromatic carbocycles. The number of benzene rings is 2. The van der Waals surface area contributed by atoms with Crippen LogP contribution in [-0.2, 0) is 37.3 Å². The van der Waals surface area contributed by atoms with Gasteiger partial charge in [0.05, 0.1) is 23.0 Å². The minimum Gasteiger partial charge on any atom is -0.463 e. The Morgan fingerprint density at radius 3 is 1.67 bits per heavy atom. The van der Waals surface area contributed by atoms with Crippen molar-refractivity contribution in [2.24, 2.45) is 0 Å². The first-order valence-electron chi connectivity index (χ1n) is 12.2. The molecule has 2 aromatic heterocycles. The van der Waals surface area contributed by atoms with Crippen LogP contribution in [0, 0.1) is 35.4 Å². The SMILES string of the molecule is CC1(C)c2cccc(n2)Oc2[c-]c(c(F)cc2F)C(C)(C)c2[c-]c(c(F)cc2F)C(C)(C)c2cccc1n2.[Pt+2]. The Bertz CT molecular complexity index is 1580. The molecule has 0 atom stereocenters. The summed E-state index contributed by atoms with van der Waals surface area (Å²) in [6, 6.07) is 17.5. The fourth-order valence-electron chi connectivity index (χ4n) is 4.86. The molecule has 3 heterocycles. The number of hydrogen-bond donors (Lipinski definition) is 0. The molecule has 8 bridgehead atoms. The largest absolute Gasteiger partial charge is 2.00 e. The fraction of sp³-hybridized carbons (Fsp3) is 0.290. The van der Waals surface area contributed by atoms with Gasteiger partial charge in [-0.3, -0.25) is 22.5 Å². The molecule has 0 aliphatic carbocycles. The molecule has 1 aliphatic heterocycles. The van der Waals surface area contributed by atoms with E-state index in [1.165, 1.54) is 13.8 Å². The van der Waals surface area contributed by atoms with Gasteiger partial charge in [0.25, 0.3) is 0 Å². The van der Waals surface area contributed by atoms with E-state index in [-0.39, 0.29) is 43.6 Å². The van der Waals surface area contributed by atoms with Crippen LogP contribution in [0.15, 0.2) is 48.5 Å². The molecule has 0 amide bonds. The zero-order valence-electron chi connectivity index (χ0n) is 22.2. The van der Waals surface area contributed by atoms with E-state index in [1.807, 2.05) is 26.0 Å². The third kappa shape index (κ3) is 4.80. The summed E-state index contributed by atoms with van der Waals surface area (Å²) in [5.41, 5.74) is -1.61. The van der Waals surface area contributed by atoms with Crippen LogP contribution in [0.2, 0.25) is 0 Å². The summed E-state index contributed by atoms with van der Waals surface area (Å²) in [5, 5.41) is 0. The van der Waals surface area contributed by atoms with Crippen LogP contribution in [0.5, 0.6) is 11.6 Å². The molecular weight excluding hydrogens is 687 g/mol. The average molecular weight is 714 g/mol. The van der Waals surface area contributed by atoms with Gasteiger partial charge in [-0.1, -0.05) is 45.9 Å². The van der Waals surface area contributed by atoms with Crippen LogP contribution in [0.4, 0.5) is 17.6 Å². The third-order valence-corrected chi connectivity index (χ3v) is 7.40. The Morgan fingerprint density at radius 2 is 1.05 bits per heavy atom. The molecule has 8 heteroatoms. The Balaban J connectivity index is 0.00000353. The number of ether oxygens (including phenoxy) is 1. The Hall–Kier alpha value is -3.05. The van der Waals surface area contributed by atoms with Gasteiger partial charge in [-0.15, -0.1) is 28.8 Å². The first-order valence-corrected chi connectivity index (χ1v) is 12.2. The smallest absolute Gasteiger partial charge is 0.463 e. The Morgan fingerprint density at radius 1 is 0.590 bits per heavy atom. The van der Waals surface area contributed by atoms with Gasteiger partial charge in [0.15, 0.2) is 0 Å². The Labute approximate surface area is 239 Å². The van der Waals surface area contributed by atoms with Crippen molar-refractivity contribution in [1.29, 1.82) is 0 Å². The van der Waals surface area contributed by atoms with Crippen LogP contribution in [0.25, 0.3) is 0 Å². The summed E-state index contributed by atoms with van der Waals surface area (Å²) in [5.74, 6) is -3.98. The molecule has 0 fully saturated rings. The number of rotatable bonds is 0. The predicted molar refractivity (Wildman–Crippen MR) is 135 cm³/mol. The van der Waals surface area contributed by atoms with E-state index < -0.39 is 45.3 Å². The van der Waals surface area contributed by atoms with Gasteiger partial charge in [0.2, 0.25) is 5.88 Å². The van der Waals surface area contributed by atoms with E-state index >= 15 is 13.2 Å². The minimum absolute atomic E-state index is 0. The van der Waals surface area contributed by atoms with Gasteiger partial charge in [-0.25, -0.2) is 4.98 Å². The quantitative estimate of drug-likeness (QED) is 0.138. The van der Waals surface area contributed by atoms with Gasteiger partial charge >= 0.3 is 21.1 Å². The average Bonchev–Trinajstić information content (AvgIpc) is 2.85. The van der Waals surface area contributed by atoms with Crippen molar-refractivity contribution in [2.75, 3.05) is 0 Å². The number of pyridine rings is 2. The minimum atomic E-state index is -1.43. The van der Waals surface area contributed by atoms with Crippen molar-refractivity contribution >= 4 is 0 Å². The third-order valence-electron chi connectivity index (χ3n) is 7.40. The summed E-state index contributed by atoms with van der Waals surface area (Å²) in [6.45, 7) is 10.5. The van der Waals surface area contributed by atoms with E-state index in [0.717, 1.165) is 6.07 Å². The van der Waals surface area contributed by atoms with Crippen molar-refractivity contribution < 1.29 is 43.4 Å². The maximum atomic E-state index is 15.3. The molecule has 0 saturated carbocycles. The molecule has 0 N–H and O–H groups in total. The number of aromatic nitrogens is 2. The number of hydrogen-bond acceptors (Lipinski definition) is 3. The maximum absolute atomic E-state index is 15.3. The van der Waals surface area contributed by atoms with Gasteiger partial charge in [-0.05, 0) is 37.5 Å². The topological polar surface area (TPSA) is 35.0 Å². The van der Waals surface area contributed by atoms with E-state index in [1.54, 1.807) is 38.1 Å². The normalized spacial score (nSPS) is 16.6. The summed E-state index contributed by atoms with van der Waals surface area (Å²) in [7, 11) is 0. The summed E-state index contributed by atoms with van der Waals surface area (Å²) >= 11 is 0. The van der Waals surface area contributed by atoms with Crippen LogP contribution in [-0.4, -0.2) is 9.97 Å². The molecule has 5 rings (SSSR count). The van der Waals surface area contributed by atoms with Crippen molar-refractivity contribution in [1.82, 2.24) is 9.97 Å². The van der Waals surface area contributed by atoms with Crippen LogP contribution in [0.3, 0.4) is 0 Å². The van der Waals surface area contributed by atoms with Crippen LogP contribution in [0.1, 0.15) is 75.3 Å². The second kappa shape index (κ2) is 9.85. The van der Waals surface area contributed by atoms with Crippen LogP contribution < -0.4 is 4.74 Å². The second-order valence-corrected chi connectivity index (χ2v) is 11.1. The second-order valence-electron chi connectivity index (χ2n) is 11.1. The van der Waals surface area contributed by atoms with E-state index in [2.05, 4.69) is 17.1 Å². The molecule has 0 saturated heterocycles. The van der Waals surface area contributed by atoms with Crippen LogP contribution >= 0.6 is 0 Å². The molecule has 0 unspecified atom stereocenters. The van der Waals surface area contributed by atoms with Crippen molar-refractivity contribution in [3.63, 3.8) is 0 Å². The maximum Gasteiger partial charge on any atom is 2.00 e. The molecule has 0 radical (unpaired) electrons. The molecule has 4 aromatic rings. The van der Waals surface area contributed by atoms with Gasteiger partial charge in [0.1, 0.15) is 0 Å². The van der Waals surface area contributed by atoms with Gasteiger partial charge in [-0.2, -0.15) is 6.07 Å². The molecule has 3 nitrogen and oxygen atoms in total. The van der Waals surface area contributed by atoms with E-state index in [9.17, 15) is 4.39 Å². The predicted octanol–water partition coefficient (Wildman–Crippen LogP) is 7.71. The molecule has 204 valence electrons.